The van der Waals surface area contributed by atoms with Crippen molar-refractivity contribution in [1.29, 1.82) is 0 Å². The molecule has 0 spiro atoms. The topological polar surface area (TPSA) is 203 Å². The first kappa shape index (κ1) is 84.9. The second kappa shape index (κ2) is 36.9. The Morgan fingerprint density at radius 3 is 0.932 bits per heavy atom. The van der Waals surface area contributed by atoms with Crippen LogP contribution in [0.3, 0.4) is 0 Å². The predicted molar refractivity (Wildman–Crippen MR) is 468 cm³/mol. The normalized spacial score (nSPS) is 16.7. The molecular weight excluding hydrogens is 1530 g/mol. The minimum atomic E-state index is -0.405. The molecule has 12 aromatic rings. The van der Waals surface area contributed by atoms with Crippen LogP contribution >= 0.6 is 23.5 Å². The number of carbonyl (C=O) groups excluding carboxylic acids is 4. The van der Waals surface area contributed by atoms with Crippen LogP contribution in [-0.4, -0.2) is 137 Å². The molecule has 4 aliphatic heterocycles. The van der Waals surface area contributed by atoms with Crippen LogP contribution in [0.1, 0.15) is 176 Å². The van der Waals surface area contributed by atoms with Gasteiger partial charge >= 0.3 is 11.9 Å². The quantitative estimate of drug-likeness (QED) is 0.0691. The Bertz CT molecular complexity index is 5660. The van der Waals surface area contributed by atoms with Crippen molar-refractivity contribution in [2.75, 3.05) is 65.2 Å². The molecule has 0 radical (unpaired) electrons. The largest absolute Gasteiger partial charge is 0.465 e. The van der Waals surface area contributed by atoms with E-state index in [1.165, 1.54) is 79.2 Å². The molecule has 4 aliphatic rings. The minimum Gasteiger partial charge on any atom is -0.465 e. The summed E-state index contributed by atoms with van der Waals surface area (Å²) in [6.45, 7) is 29.0. The Hall–Kier alpha value is -11.0. The van der Waals surface area contributed by atoms with E-state index in [9.17, 15) is 36.7 Å². The van der Waals surface area contributed by atoms with Gasteiger partial charge < -0.3 is 29.1 Å². The molecule has 4 saturated heterocycles. The van der Waals surface area contributed by atoms with Gasteiger partial charge in [-0.1, -0.05) is 78.9 Å². The van der Waals surface area contributed by atoms with Crippen LogP contribution < -0.4 is 19.6 Å². The summed E-state index contributed by atoms with van der Waals surface area (Å²) in [5.41, 5.74) is 13.9. The summed E-state index contributed by atoms with van der Waals surface area (Å²) in [4.78, 5) is 97.8. The SMILES string of the molecule is CC(C)CSC(=O)c1ccc2nc(-c3ccc(F)cc3)c(N3CCC[C@@H]3C)nc2c1.COC(=O)c1ccc2nc(-c3ccc(F)cc3)c(N3CCC[C@@H]3C)nc2c1.C[C@H]1CCCN1c1nc2cc(C(=O)OCC(C)(C)C)ccc2nc1-c1ccc(F)cc1.C[C@H]1CCCN1c1nc2cc(C(=O)SC(C)(C)C)ccc2nc1-c1ccc(F)cc1. The molecule has 0 bridgehead atoms. The van der Waals surface area contributed by atoms with E-state index in [0.717, 1.165) is 163 Å². The molecule has 0 aliphatic carbocycles. The molecule has 4 fully saturated rings. The van der Waals surface area contributed by atoms with Gasteiger partial charge in [0.15, 0.2) is 23.3 Å². The predicted octanol–water partition coefficient (Wildman–Crippen LogP) is 21.9. The summed E-state index contributed by atoms with van der Waals surface area (Å²) < 4.78 is 63.9. The van der Waals surface area contributed by atoms with Gasteiger partial charge in [-0.15, -0.1) is 0 Å². The van der Waals surface area contributed by atoms with Crippen LogP contribution in [0.5, 0.6) is 0 Å². The van der Waals surface area contributed by atoms with E-state index >= 15 is 0 Å². The van der Waals surface area contributed by atoms with Gasteiger partial charge in [0.05, 0.1) is 69.0 Å². The number of benzene rings is 8. The van der Waals surface area contributed by atoms with Crippen molar-refractivity contribution in [3.63, 3.8) is 0 Å². The molecule has 4 aromatic heterocycles. The number of nitrogens with zero attached hydrogens (tertiary/aromatic N) is 12. The average Bonchev–Trinajstić information content (AvgIpc) is 1.15. The van der Waals surface area contributed by atoms with E-state index < -0.39 is 5.97 Å². The highest BCUT2D eigenvalue weighted by Gasteiger charge is 2.32. The number of anilines is 4. The van der Waals surface area contributed by atoms with E-state index in [4.69, 9.17) is 49.3 Å². The molecule has 118 heavy (non-hydrogen) atoms. The molecule has 18 nitrogen and oxygen atoms in total. The number of hydrogen-bond donors (Lipinski definition) is 0. The Labute approximate surface area is 695 Å². The van der Waals surface area contributed by atoms with Crippen molar-refractivity contribution in [3.8, 4) is 45.0 Å². The number of thioether (sulfide) groups is 2. The summed E-state index contributed by atoms with van der Waals surface area (Å²) in [6.07, 6.45) is 8.76. The molecule has 0 saturated carbocycles. The molecule has 612 valence electrons. The number of halogens is 4. The number of ether oxygens (including phenoxy) is 2. The lowest BCUT2D eigenvalue weighted by atomic mass is 9.99. The van der Waals surface area contributed by atoms with Gasteiger partial charge in [0, 0.05) is 94.2 Å². The van der Waals surface area contributed by atoms with Crippen molar-refractivity contribution >= 4 is 113 Å². The molecule has 8 aromatic carbocycles. The zero-order chi connectivity index (χ0) is 83.9. The van der Waals surface area contributed by atoms with Crippen molar-refractivity contribution in [1.82, 2.24) is 39.9 Å². The number of esters is 2. The number of aromatic nitrogens is 8. The fourth-order valence-electron chi connectivity index (χ4n) is 14.8. The molecule has 16 rings (SSSR count). The second-order valence-electron chi connectivity index (χ2n) is 33.3. The first-order chi connectivity index (χ1) is 56.4. The first-order valence-corrected chi connectivity index (χ1v) is 42.2. The third-order valence-electron chi connectivity index (χ3n) is 21.1. The summed E-state index contributed by atoms with van der Waals surface area (Å²) in [6, 6.07) is 48.2. The zero-order valence-corrected chi connectivity index (χ0v) is 70.7. The van der Waals surface area contributed by atoms with Crippen LogP contribution in [-0.2, 0) is 9.47 Å². The monoisotopic (exact) mass is 1630 g/mol. The number of carbonyl (C=O) groups is 4. The molecule has 0 unspecified atom stereocenters. The van der Waals surface area contributed by atoms with Gasteiger partial charge in [-0.2, -0.15) is 0 Å². The number of hydrogen-bond acceptors (Lipinski definition) is 20. The van der Waals surface area contributed by atoms with E-state index in [2.05, 4.69) is 61.1 Å². The smallest absolute Gasteiger partial charge is 0.338 e. The third kappa shape index (κ3) is 20.6. The standard InChI is InChI=1S/C25H28FN3O2.2C24H26FN3OS.C21H20FN3O2/c1-16-6-5-13-29(16)23-22(17-7-10-19(26)11-8-17)27-20-12-9-18(14-21(20)28-23)24(30)31-15-25(2,3)4;1-15-6-5-13-28(15)22-21(16-7-10-18(25)11-8-16)26-19-12-9-17(14-20(19)27-22)23(29)30-24(2,3)4;1-15(2)14-30-24(29)18-8-11-20-21(13-18)27-23(28-12-4-5-16(28)3)22(26-20)17-6-9-19(25)10-7-17;1-13-4-3-11-25(13)20-19(14-5-8-16(22)9-6-14)23-17-10-7-15(21(26)27-2)12-18(17)24-20/h7-12,14,16H,5-6,13,15H2,1-4H3;7-12,14-15H,5-6,13H2,1-4H3;6-11,13,15-16H,4-5,12,14H2,1-3H3;5-10,12-13H,3-4,11H2,1-2H3/t16-;15-;16-;13-/m0000/s1. The maximum Gasteiger partial charge on any atom is 0.338 e. The maximum atomic E-state index is 13.5. The van der Waals surface area contributed by atoms with Crippen LogP contribution in [0.25, 0.3) is 89.2 Å². The highest BCUT2D eigenvalue weighted by Crippen LogP contribution is 2.41. The lowest BCUT2D eigenvalue weighted by Gasteiger charge is -2.25. The summed E-state index contributed by atoms with van der Waals surface area (Å²) in [5.74, 6) is 2.50. The Balaban J connectivity index is 0.000000137. The molecule has 4 atom stereocenters. The number of rotatable bonds is 15. The van der Waals surface area contributed by atoms with E-state index in [-0.39, 0.29) is 49.6 Å². The van der Waals surface area contributed by atoms with Crippen LogP contribution in [0.15, 0.2) is 170 Å². The van der Waals surface area contributed by atoms with Gasteiger partial charge in [0.25, 0.3) is 0 Å². The highest BCUT2D eigenvalue weighted by atomic mass is 32.2. The Morgan fingerprint density at radius 2 is 0.669 bits per heavy atom. The minimum absolute atomic E-state index is 0.0323. The molecule has 0 amide bonds. The summed E-state index contributed by atoms with van der Waals surface area (Å²) in [7, 11) is 1.35. The van der Waals surface area contributed by atoms with Gasteiger partial charge in [-0.3, -0.25) is 9.59 Å². The fraction of sp³-hybridized carbons (Fsp3) is 0.362. The van der Waals surface area contributed by atoms with Crippen molar-refractivity contribution in [2.45, 2.75) is 163 Å². The number of methoxy groups -OCH3 is 1. The Kier molecular flexibility index (Phi) is 26.6. The van der Waals surface area contributed by atoms with E-state index in [1.807, 2.05) is 77.9 Å². The molecule has 24 heteroatoms. The third-order valence-corrected chi connectivity index (χ3v) is 23.4. The average molecular weight is 1630 g/mol. The summed E-state index contributed by atoms with van der Waals surface area (Å²) >= 11 is 2.66. The van der Waals surface area contributed by atoms with Gasteiger partial charge in [-0.05, 0) is 260 Å². The van der Waals surface area contributed by atoms with Crippen LogP contribution in [0.2, 0.25) is 0 Å². The van der Waals surface area contributed by atoms with Gasteiger partial charge in [0.2, 0.25) is 10.2 Å². The van der Waals surface area contributed by atoms with Crippen LogP contribution in [0.4, 0.5) is 40.8 Å². The molecule has 0 N–H and O–H groups in total. The van der Waals surface area contributed by atoms with Gasteiger partial charge in [-0.25, -0.2) is 67.0 Å². The van der Waals surface area contributed by atoms with Crippen molar-refractivity contribution < 1.29 is 46.2 Å². The second-order valence-corrected chi connectivity index (χ2v) is 36.1. The lowest BCUT2D eigenvalue weighted by molar-refractivity contribution is 0.0366. The highest BCUT2D eigenvalue weighted by molar-refractivity contribution is 8.15. The first-order valence-electron chi connectivity index (χ1n) is 40.4. The van der Waals surface area contributed by atoms with Crippen LogP contribution in [0, 0.1) is 34.6 Å². The van der Waals surface area contributed by atoms with Crippen molar-refractivity contribution in [2.24, 2.45) is 11.3 Å². The van der Waals surface area contributed by atoms with Gasteiger partial charge in [0.1, 0.15) is 46.0 Å². The van der Waals surface area contributed by atoms with E-state index in [1.54, 1.807) is 84.9 Å². The summed E-state index contributed by atoms with van der Waals surface area (Å²) in [5, 5.41) is 0.0935. The van der Waals surface area contributed by atoms with Crippen molar-refractivity contribution in [3.05, 3.63) is 215 Å². The lowest BCUT2D eigenvalue weighted by Crippen LogP contribution is -2.28. The van der Waals surface area contributed by atoms with E-state index in [0.29, 0.717) is 92.0 Å². The zero-order valence-electron chi connectivity index (χ0n) is 69.1. The Morgan fingerprint density at radius 1 is 0.390 bits per heavy atom. The maximum absolute atomic E-state index is 13.5. The molecular formula is C94H100F4N12O6S2. The fourth-order valence-corrected chi connectivity index (χ4v) is 16.4. The number of fused-ring (bicyclic) bond motifs is 4. The molecule has 8 heterocycles.